The Kier molecular flexibility index (Phi) is 9.44. The minimum atomic E-state index is -3.91. The molecule has 0 saturated carbocycles. The Labute approximate surface area is 187 Å². The van der Waals surface area contributed by atoms with Gasteiger partial charge in [0.1, 0.15) is 16.4 Å². The van der Waals surface area contributed by atoms with Crippen LogP contribution in [0, 0.1) is 0 Å². The first-order valence-corrected chi connectivity index (χ1v) is 11.3. The molecule has 174 valence electrons. The van der Waals surface area contributed by atoms with Gasteiger partial charge in [-0.2, -0.15) is 0 Å². The van der Waals surface area contributed by atoms with Gasteiger partial charge >= 0.3 is 0 Å². The molecule has 2 aromatic rings. The molecular weight excluding hydrogens is 438 g/mol. The smallest absolute Gasteiger partial charge is 0.257 e. The Balaban J connectivity index is 2.10. The summed E-state index contributed by atoms with van der Waals surface area (Å²) in [4.78, 5) is 23.9. The molecule has 0 unspecified atom stereocenters. The van der Waals surface area contributed by atoms with Gasteiger partial charge < -0.3 is 24.8 Å². The van der Waals surface area contributed by atoms with Crippen molar-refractivity contribution in [2.45, 2.75) is 11.8 Å². The highest BCUT2D eigenvalue weighted by Crippen LogP contribution is 2.25. The van der Waals surface area contributed by atoms with Crippen molar-refractivity contribution in [2.24, 2.45) is 0 Å². The first kappa shape index (κ1) is 25.1. The molecule has 0 heterocycles. The maximum absolute atomic E-state index is 12.7. The van der Waals surface area contributed by atoms with Crippen LogP contribution in [0.25, 0.3) is 0 Å². The number of rotatable bonds is 12. The fourth-order valence-corrected chi connectivity index (χ4v) is 3.82. The van der Waals surface area contributed by atoms with E-state index in [0.717, 1.165) is 0 Å². The highest BCUT2D eigenvalue weighted by atomic mass is 32.2. The molecule has 0 bridgehead atoms. The van der Waals surface area contributed by atoms with Crippen LogP contribution < -0.4 is 24.8 Å². The van der Waals surface area contributed by atoms with Crippen molar-refractivity contribution in [3.63, 3.8) is 0 Å². The van der Waals surface area contributed by atoms with E-state index >= 15 is 0 Å². The lowest BCUT2D eigenvalue weighted by atomic mass is 10.2. The molecule has 2 aromatic carbocycles. The van der Waals surface area contributed by atoms with Crippen LogP contribution in [-0.2, 0) is 19.6 Å². The minimum Gasteiger partial charge on any atom is -0.495 e. The molecule has 3 N–H and O–H groups in total. The largest absolute Gasteiger partial charge is 0.495 e. The Hall–Kier alpha value is -3.15. The summed E-state index contributed by atoms with van der Waals surface area (Å²) in [5, 5.41) is 5.31. The van der Waals surface area contributed by atoms with Crippen molar-refractivity contribution in [1.82, 2.24) is 10.0 Å². The lowest BCUT2D eigenvalue weighted by molar-refractivity contribution is -0.122. The molecule has 2 amide bonds. The number of nitrogens with one attached hydrogen (secondary N) is 3. The summed E-state index contributed by atoms with van der Waals surface area (Å²) in [5.74, 6) is -0.155. The first-order chi connectivity index (χ1) is 15.3. The number of sulfonamides is 1. The summed E-state index contributed by atoms with van der Waals surface area (Å²) in [7, 11) is -1.11. The normalized spacial score (nSPS) is 11.0. The Bertz CT molecular complexity index is 1020. The van der Waals surface area contributed by atoms with E-state index in [1.807, 2.05) is 6.92 Å². The number of hydrogen-bond donors (Lipinski definition) is 3. The van der Waals surface area contributed by atoms with Crippen molar-refractivity contribution in [3.05, 3.63) is 48.0 Å². The van der Waals surface area contributed by atoms with E-state index in [2.05, 4.69) is 15.4 Å². The summed E-state index contributed by atoms with van der Waals surface area (Å²) < 4.78 is 42.9. The average molecular weight is 466 g/mol. The molecule has 2 rings (SSSR count). The predicted octanol–water partition coefficient (Wildman–Crippen LogP) is 1.39. The molecule has 0 aliphatic rings. The van der Waals surface area contributed by atoms with E-state index in [1.165, 1.54) is 32.4 Å². The second kappa shape index (κ2) is 12.0. The van der Waals surface area contributed by atoms with Crippen LogP contribution in [0.4, 0.5) is 5.69 Å². The fourth-order valence-electron chi connectivity index (χ4n) is 2.62. The van der Waals surface area contributed by atoms with E-state index in [0.29, 0.717) is 18.0 Å². The molecule has 0 aromatic heterocycles. The lowest BCUT2D eigenvalue weighted by Crippen LogP contribution is -2.28. The number of hydrogen-bond acceptors (Lipinski definition) is 7. The van der Waals surface area contributed by atoms with Gasteiger partial charge in [0.2, 0.25) is 10.0 Å². The average Bonchev–Trinajstić information content (AvgIpc) is 2.78. The molecule has 0 aliphatic carbocycles. The molecule has 0 atom stereocenters. The number of carbonyl (C=O) groups excluding carboxylic acids is 2. The van der Waals surface area contributed by atoms with Crippen LogP contribution in [0.2, 0.25) is 0 Å². The standard InChI is InChI=1S/C21H27N3O7S/c1-4-22-20(25)14-31-17-8-6-16(7-9-17)24-21(26)15-5-10-18(30-3)19(13-15)32(27,28)23-11-12-29-2/h5-10,13,23H,4,11-12,14H2,1-3H3,(H,22,25)(H,24,26). The second-order valence-electron chi connectivity index (χ2n) is 6.48. The highest BCUT2D eigenvalue weighted by Gasteiger charge is 2.21. The van der Waals surface area contributed by atoms with E-state index in [4.69, 9.17) is 14.2 Å². The van der Waals surface area contributed by atoms with Crippen LogP contribution in [0.3, 0.4) is 0 Å². The van der Waals surface area contributed by atoms with Gasteiger partial charge in [0.15, 0.2) is 6.61 Å². The van der Waals surface area contributed by atoms with Crippen molar-refractivity contribution in [1.29, 1.82) is 0 Å². The molecule has 10 nitrogen and oxygen atoms in total. The zero-order valence-electron chi connectivity index (χ0n) is 18.1. The van der Waals surface area contributed by atoms with E-state index in [9.17, 15) is 18.0 Å². The van der Waals surface area contributed by atoms with Gasteiger partial charge in [0.05, 0.1) is 13.7 Å². The summed E-state index contributed by atoms with van der Waals surface area (Å²) in [6, 6.07) is 10.6. The van der Waals surface area contributed by atoms with Crippen LogP contribution in [0.15, 0.2) is 47.4 Å². The van der Waals surface area contributed by atoms with Gasteiger partial charge in [-0.15, -0.1) is 0 Å². The summed E-state index contributed by atoms with van der Waals surface area (Å²) >= 11 is 0. The number of methoxy groups -OCH3 is 2. The zero-order chi connectivity index (χ0) is 23.6. The summed E-state index contributed by atoms with van der Waals surface area (Å²) in [6.07, 6.45) is 0. The Morgan fingerprint density at radius 3 is 2.38 bits per heavy atom. The number of anilines is 1. The molecule has 0 radical (unpaired) electrons. The number of likely N-dealkylation sites (N-methyl/N-ethyl adjacent to an activating group) is 1. The van der Waals surface area contributed by atoms with Gasteiger partial charge in [0.25, 0.3) is 11.8 Å². The van der Waals surface area contributed by atoms with Crippen LogP contribution in [-0.4, -0.2) is 60.8 Å². The third-order valence-electron chi connectivity index (χ3n) is 4.17. The quantitative estimate of drug-likeness (QED) is 0.404. The fraction of sp³-hybridized carbons (Fsp3) is 0.333. The summed E-state index contributed by atoms with van der Waals surface area (Å²) in [5.41, 5.74) is 0.605. The van der Waals surface area contributed by atoms with Crippen molar-refractivity contribution < 1.29 is 32.2 Å². The number of ether oxygens (including phenoxy) is 3. The van der Waals surface area contributed by atoms with Crippen LogP contribution in [0.1, 0.15) is 17.3 Å². The van der Waals surface area contributed by atoms with Gasteiger partial charge in [-0.25, -0.2) is 13.1 Å². The van der Waals surface area contributed by atoms with Crippen LogP contribution in [0.5, 0.6) is 11.5 Å². The molecule has 32 heavy (non-hydrogen) atoms. The molecule has 0 spiro atoms. The van der Waals surface area contributed by atoms with Crippen molar-refractivity contribution in [3.8, 4) is 11.5 Å². The monoisotopic (exact) mass is 465 g/mol. The topological polar surface area (TPSA) is 132 Å². The number of benzene rings is 2. The zero-order valence-corrected chi connectivity index (χ0v) is 19.0. The van der Waals surface area contributed by atoms with Gasteiger partial charge in [-0.05, 0) is 49.4 Å². The summed E-state index contributed by atoms with van der Waals surface area (Å²) in [6.45, 7) is 2.50. The Morgan fingerprint density at radius 2 is 1.75 bits per heavy atom. The maximum Gasteiger partial charge on any atom is 0.257 e. The highest BCUT2D eigenvalue weighted by molar-refractivity contribution is 7.89. The van der Waals surface area contributed by atoms with Gasteiger partial charge in [-0.1, -0.05) is 0 Å². The van der Waals surface area contributed by atoms with Crippen LogP contribution >= 0.6 is 0 Å². The Morgan fingerprint density at radius 1 is 1.03 bits per heavy atom. The van der Waals surface area contributed by atoms with Gasteiger partial charge in [-0.3, -0.25) is 9.59 Å². The van der Waals surface area contributed by atoms with E-state index < -0.39 is 15.9 Å². The van der Waals surface area contributed by atoms with Crippen molar-refractivity contribution >= 4 is 27.5 Å². The third kappa shape index (κ3) is 7.22. The van der Waals surface area contributed by atoms with E-state index in [1.54, 1.807) is 24.3 Å². The first-order valence-electron chi connectivity index (χ1n) is 9.78. The molecule has 11 heteroatoms. The molecule has 0 aliphatic heterocycles. The minimum absolute atomic E-state index is 0.0763. The molecular formula is C21H27N3O7S. The number of amides is 2. The maximum atomic E-state index is 12.7. The molecule has 0 fully saturated rings. The third-order valence-corrected chi connectivity index (χ3v) is 5.65. The van der Waals surface area contributed by atoms with Gasteiger partial charge in [0, 0.05) is 31.5 Å². The van der Waals surface area contributed by atoms with Crippen molar-refractivity contribution in [2.75, 3.05) is 45.8 Å². The predicted molar refractivity (Wildman–Crippen MR) is 119 cm³/mol. The lowest BCUT2D eigenvalue weighted by Gasteiger charge is -2.13. The SMILES string of the molecule is CCNC(=O)COc1ccc(NC(=O)c2ccc(OC)c(S(=O)(=O)NCCOC)c2)cc1. The second-order valence-corrected chi connectivity index (χ2v) is 8.21. The van der Waals surface area contributed by atoms with E-state index in [-0.39, 0.29) is 41.9 Å². The molecule has 0 saturated heterocycles. The number of carbonyl (C=O) groups is 2.